The molecule has 148 valence electrons. The monoisotopic (exact) mass is 382 g/mol. The second-order valence-corrected chi connectivity index (χ2v) is 6.83. The van der Waals surface area contributed by atoms with Crippen molar-refractivity contribution in [1.29, 1.82) is 0 Å². The minimum atomic E-state index is -0.319. The van der Waals surface area contributed by atoms with Crippen LogP contribution in [0.25, 0.3) is 0 Å². The van der Waals surface area contributed by atoms with Gasteiger partial charge in [0.05, 0.1) is 12.5 Å². The molecule has 1 unspecified atom stereocenters. The summed E-state index contributed by atoms with van der Waals surface area (Å²) >= 11 is 0. The summed E-state index contributed by atoms with van der Waals surface area (Å²) in [5, 5.41) is 2.90. The molecule has 1 saturated heterocycles. The molecule has 0 bridgehead atoms. The molecule has 6 nitrogen and oxygen atoms in total. The average Bonchev–Trinajstić information content (AvgIpc) is 3.09. The van der Waals surface area contributed by atoms with Gasteiger partial charge in [0.1, 0.15) is 12.4 Å². The lowest BCUT2D eigenvalue weighted by Crippen LogP contribution is -2.30. The lowest BCUT2D eigenvalue weighted by molar-refractivity contribution is -0.128. The van der Waals surface area contributed by atoms with Crippen LogP contribution in [-0.4, -0.2) is 50.1 Å². The summed E-state index contributed by atoms with van der Waals surface area (Å²) in [7, 11) is 1.62. The Morgan fingerprint density at radius 2 is 1.86 bits per heavy atom. The fourth-order valence-electron chi connectivity index (χ4n) is 3.19. The van der Waals surface area contributed by atoms with Gasteiger partial charge in [0.2, 0.25) is 11.8 Å². The van der Waals surface area contributed by atoms with Crippen molar-refractivity contribution in [1.82, 2.24) is 4.90 Å². The summed E-state index contributed by atoms with van der Waals surface area (Å²) in [6, 6.07) is 17.3. The van der Waals surface area contributed by atoms with Crippen molar-refractivity contribution >= 4 is 17.5 Å². The molecule has 3 rings (SSSR count). The smallest absolute Gasteiger partial charge is 0.229 e. The van der Waals surface area contributed by atoms with Crippen molar-refractivity contribution in [2.45, 2.75) is 12.8 Å². The highest BCUT2D eigenvalue weighted by molar-refractivity contribution is 5.97. The predicted molar refractivity (Wildman–Crippen MR) is 107 cm³/mol. The zero-order chi connectivity index (χ0) is 19.8. The number of amides is 2. The minimum absolute atomic E-state index is 0.0398. The van der Waals surface area contributed by atoms with Crippen LogP contribution in [0.15, 0.2) is 54.6 Å². The molecule has 0 aromatic heterocycles. The van der Waals surface area contributed by atoms with Crippen LogP contribution in [0.5, 0.6) is 5.75 Å². The van der Waals surface area contributed by atoms with Crippen LogP contribution >= 0.6 is 0 Å². The molecule has 28 heavy (non-hydrogen) atoms. The fourth-order valence-corrected chi connectivity index (χ4v) is 3.19. The summed E-state index contributed by atoms with van der Waals surface area (Å²) in [4.78, 5) is 26.6. The Morgan fingerprint density at radius 1 is 1.11 bits per heavy atom. The Morgan fingerprint density at radius 3 is 2.57 bits per heavy atom. The van der Waals surface area contributed by atoms with Gasteiger partial charge < -0.3 is 19.7 Å². The summed E-state index contributed by atoms with van der Waals surface area (Å²) < 4.78 is 10.5. The maximum Gasteiger partial charge on any atom is 0.229 e. The van der Waals surface area contributed by atoms with Crippen LogP contribution in [0, 0.1) is 5.92 Å². The van der Waals surface area contributed by atoms with E-state index in [2.05, 4.69) is 5.32 Å². The third-order valence-corrected chi connectivity index (χ3v) is 4.78. The van der Waals surface area contributed by atoms with E-state index in [1.54, 1.807) is 36.3 Å². The summed E-state index contributed by atoms with van der Waals surface area (Å²) in [5.41, 5.74) is 1.88. The summed E-state index contributed by atoms with van der Waals surface area (Å²) in [6.07, 6.45) is 1.06. The number of hydrogen-bond donors (Lipinski definition) is 1. The predicted octanol–water partition coefficient (Wildman–Crippen LogP) is 2.74. The Bertz CT molecular complexity index is 777. The molecule has 0 aliphatic carbocycles. The van der Waals surface area contributed by atoms with Crippen molar-refractivity contribution < 1.29 is 19.1 Å². The minimum Gasteiger partial charge on any atom is -0.491 e. The van der Waals surface area contributed by atoms with Crippen molar-refractivity contribution in [3.63, 3.8) is 0 Å². The van der Waals surface area contributed by atoms with Crippen LogP contribution in [0.3, 0.4) is 0 Å². The van der Waals surface area contributed by atoms with Crippen LogP contribution in [0.1, 0.15) is 12.0 Å². The number of ether oxygens (including phenoxy) is 2. The van der Waals surface area contributed by atoms with E-state index in [-0.39, 0.29) is 24.2 Å². The number of methoxy groups -OCH3 is 1. The number of anilines is 1. The molecule has 2 aromatic carbocycles. The number of benzene rings is 2. The van der Waals surface area contributed by atoms with E-state index in [1.165, 1.54) is 5.56 Å². The summed E-state index contributed by atoms with van der Waals surface area (Å²) in [6.45, 7) is 2.11. The van der Waals surface area contributed by atoms with E-state index < -0.39 is 0 Å². The first-order valence-corrected chi connectivity index (χ1v) is 9.50. The van der Waals surface area contributed by atoms with Crippen LogP contribution in [-0.2, 0) is 20.7 Å². The highest BCUT2D eigenvalue weighted by Gasteiger charge is 2.33. The van der Waals surface area contributed by atoms with E-state index in [0.717, 1.165) is 12.2 Å². The fraction of sp³-hybridized carbons (Fsp3) is 0.364. The van der Waals surface area contributed by atoms with Gasteiger partial charge in [-0.25, -0.2) is 0 Å². The molecule has 0 saturated carbocycles. The number of carbonyl (C=O) groups excluding carboxylic acids is 2. The van der Waals surface area contributed by atoms with E-state index in [0.29, 0.717) is 32.0 Å². The van der Waals surface area contributed by atoms with E-state index in [4.69, 9.17) is 9.47 Å². The number of nitrogens with zero attached hydrogens (tertiary/aromatic N) is 1. The number of likely N-dealkylation sites (tertiary alicyclic amines) is 1. The largest absolute Gasteiger partial charge is 0.491 e. The molecule has 2 aromatic rings. The molecule has 0 radical (unpaired) electrons. The lowest BCUT2D eigenvalue weighted by atomic mass is 10.1. The van der Waals surface area contributed by atoms with Gasteiger partial charge in [0.15, 0.2) is 0 Å². The molecule has 0 spiro atoms. The summed E-state index contributed by atoms with van der Waals surface area (Å²) in [5.74, 6) is 0.320. The van der Waals surface area contributed by atoms with Gasteiger partial charge in [-0.05, 0) is 36.2 Å². The third kappa shape index (κ3) is 5.57. The first-order valence-electron chi connectivity index (χ1n) is 9.50. The van der Waals surface area contributed by atoms with Crippen LogP contribution < -0.4 is 10.1 Å². The zero-order valence-electron chi connectivity index (χ0n) is 16.1. The van der Waals surface area contributed by atoms with Gasteiger partial charge >= 0.3 is 0 Å². The van der Waals surface area contributed by atoms with Gasteiger partial charge in [-0.2, -0.15) is 0 Å². The normalized spacial score (nSPS) is 16.2. The molecule has 1 N–H and O–H groups in total. The van der Waals surface area contributed by atoms with Gasteiger partial charge in [-0.3, -0.25) is 9.59 Å². The Hall–Kier alpha value is -2.86. The number of rotatable bonds is 9. The van der Waals surface area contributed by atoms with E-state index in [9.17, 15) is 9.59 Å². The Kier molecular flexibility index (Phi) is 7.03. The Balaban J connectivity index is 1.47. The molecular formula is C22H26N2O4. The van der Waals surface area contributed by atoms with Gasteiger partial charge in [-0.15, -0.1) is 0 Å². The zero-order valence-corrected chi connectivity index (χ0v) is 16.1. The maximum absolute atomic E-state index is 12.5. The molecule has 2 amide bonds. The highest BCUT2D eigenvalue weighted by Crippen LogP contribution is 2.21. The van der Waals surface area contributed by atoms with Gasteiger partial charge in [0, 0.05) is 32.3 Å². The Labute approximate surface area is 165 Å². The first kappa shape index (κ1) is 19.9. The molecule has 6 heteroatoms. The number of nitrogens with one attached hydrogen (secondary N) is 1. The van der Waals surface area contributed by atoms with Gasteiger partial charge in [-0.1, -0.05) is 30.3 Å². The molecule has 1 aliphatic rings. The standard InChI is InChI=1S/C22H26N2O4/c1-27-13-14-28-20-9-7-19(8-10-20)23-22(26)18-15-21(25)24(16-18)12-11-17-5-3-2-4-6-17/h2-10,18H,11-16H2,1H3,(H,23,26). The van der Waals surface area contributed by atoms with Crippen molar-refractivity contribution in [3.8, 4) is 5.75 Å². The molecule has 1 fully saturated rings. The van der Waals surface area contributed by atoms with Crippen molar-refractivity contribution in [3.05, 3.63) is 60.2 Å². The van der Waals surface area contributed by atoms with E-state index in [1.807, 2.05) is 30.3 Å². The van der Waals surface area contributed by atoms with Crippen molar-refractivity contribution in [2.24, 2.45) is 5.92 Å². The average molecular weight is 382 g/mol. The third-order valence-electron chi connectivity index (χ3n) is 4.78. The first-order chi connectivity index (χ1) is 13.7. The molecular weight excluding hydrogens is 356 g/mol. The number of carbonyl (C=O) groups is 2. The number of hydrogen-bond acceptors (Lipinski definition) is 4. The quantitative estimate of drug-likeness (QED) is 0.677. The molecule has 1 heterocycles. The second kappa shape index (κ2) is 9.90. The van der Waals surface area contributed by atoms with Crippen LogP contribution in [0.4, 0.5) is 5.69 Å². The molecule has 1 atom stereocenters. The van der Waals surface area contributed by atoms with Crippen LogP contribution in [0.2, 0.25) is 0 Å². The van der Waals surface area contributed by atoms with E-state index >= 15 is 0 Å². The SMILES string of the molecule is COCCOc1ccc(NC(=O)C2CC(=O)N(CCc3ccccc3)C2)cc1. The topological polar surface area (TPSA) is 67.9 Å². The van der Waals surface area contributed by atoms with Crippen molar-refractivity contribution in [2.75, 3.05) is 38.7 Å². The maximum atomic E-state index is 12.5. The van der Waals surface area contributed by atoms with Gasteiger partial charge in [0.25, 0.3) is 0 Å². The molecule has 1 aliphatic heterocycles. The lowest BCUT2D eigenvalue weighted by Gasteiger charge is -2.16. The second-order valence-electron chi connectivity index (χ2n) is 6.83. The highest BCUT2D eigenvalue weighted by atomic mass is 16.5.